The monoisotopic (exact) mass is 377 g/mol. The summed E-state index contributed by atoms with van der Waals surface area (Å²) in [5.74, 6) is 0.566. The van der Waals surface area contributed by atoms with Crippen molar-refractivity contribution in [2.75, 3.05) is 19.7 Å². The van der Waals surface area contributed by atoms with Gasteiger partial charge in [-0.3, -0.25) is 9.69 Å². The van der Waals surface area contributed by atoms with Crippen LogP contribution in [0.5, 0.6) is 0 Å². The second-order valence-corrected chi connectivity index (χ2v) is 8.26. The molecule has 26 heavy (non-hydrogen) atoms. The van der Waals surface area contributed by atoms with Crippen LogP contribution in [-0.2, 0) is 14.9 Å². The van der Waals surface area contributed by atoms with E-state index in [4.69, 9.17) is 4.74 Å². The van der Waals surface area contributed by atoms with E-state index in [1.165, 1.54) is 45.2 Å². The lowest BCUT2D eigenvalue weighted by Crippen LogP contribution is -2.49. The van der Waals surface area contributed by atoms with Crippen LogP contribution in [0.2, 0.25) is 0 Å². The fourth-order valence-electron chi connectivity index (χ4n) is 5.44. The number of halogens is 1. The topological polar surface area (TPSA) is 29.5 Å². The van der Waals surface area contributed by atoms with Crippen LogP contribution >= 0.6 is 12.4 Å². The van der Waals surface area contributed by atoms with E-state index in [-0.39, 0.29) is 23.8 Å². The molecule has 3 nitrogen and oxygen atoms in total. The van der Waals surface area contributed by atoms with Gasteiger partial charge in [-0.1, -0.05) is 49.6 Å². The Morgan fingerprint density at radius 3 is 2.50 bits per heavy atom. The second kappa shape index (κ2) is 8.75. The Morgan fingerprint density at radius 1 is 1.00 bits per heavy atom. The first kappa shape index (κ1) is 19.7. The van der Waals surface area contributed by atoms with Crippen LogP contribution in [0.3, 0.4) is 0 Å². The first-order valence-electron chi connectivity index (χ1n) is 10.3. The summed E-state index contributed by atoms with van der Waals surface area (Å²) in [5, 5.41) is 0. The van der Waals surface area contributed by atoms with Gasteiger partial charge in [-0.05, 0) is 57.2 Å². The first-order valence-corrected chi connectivity index (χ1v) is 10.3. The molecule has 3 fully saturated rings. The molecule has 0 N–H and O–H groups in total. The molecule has 1 aromatic carbocycles. The fourth-order valence-corrected chi connectivity index (χ4v) is 5.44. The fraction of sp³-hybridized carbons (Fsp3) is 0.682. The highest BCUT2D eigenvalue weighted by Crippen LogP contribution is 2.42. The second-order valence-electron chi connectivity index (χ2n) is 8.26. The molecule has 0 aromatic heterocycles. The normalized spacial score (nSPS) is 28.0. The van der Waals surface area contributed by atoms with Gasteiger partial charge in [0.2, 0.25) is 0 Å². The minimum Gasteiger partial charge on any atom is -0.465 e. The molecular weight excluding hydrogens is 346 g/mol. The summed E-state index contributed by atoms with van der Waals surface area (Å²) in [6, 6.07) is 11.0. The van der Waals surface area contributed by atoms with Gasteiger partial charge < -0.3 is 4.74 Å². The molecule has 0 radical (unpaired) electrons. The van der Waals surface area contributed by atoms with Crippen LogP contribution in [0.15, 0.2) is 30.3 Å². The standard InChI is InChI=1S/C22H31NO2.ClH/c24-21(22(13-5-6-14-22)19-10-2-1-3-11-19)25-17-18-9-8-16-23-15-7-4-12-20(18)23;/h1-3,10-11,18,20H,4-9,12-17H2;1H. The summed E-state index contributed by atoms with van der Waals surface area (Å²) in [6.07, 6.45) is 10.6. The lowest BCUT2D eigenvalue weighted by atomic mass is 9.79. The lowest BCUT2D eigenvalue weighted by molar-refractivity contribution is -0.153. The molecule has 1 saturated carbocycles. The molecule has 4 rings (SSSR count). The van der Waals surface area contributed by atoms with E-state index >= 15 is 0 Å². The maximum Gasteiger partial charge on any atom is 0.316 e. The van der Waals surface area contributed by atoms with Crippen molar-refractivity contribution in [2.24, 2.45) is 5.92 Å². The number of benzene rings is 1. The molecule has 4 heteroatoms. The minimum absolute atomic E-state index is 0. The summed E-state index contributed by atoms with van der Waals surface area (Å²) in [6.45, 7) is 3.10. The van der Waals surface area contributed by atoms with Crippen LogP contribution in [0, 0.1) is 5.92 Å². The summed E-state index contributed by atoms with van der Waals surface area (Å²) < 4.78 is 6.01. The minimum atomic E-state index is -0.387. The average molecular weight is 378 g/mol. The molecule has 2 heterocycles. The highest BCUT2D eigenvalue weighted by molar-refractivity contribution is 5.85. The molecule has 2 unspecified atom stereocenters. The quantitative estimate of drug-likeness (QED) is 0.710. The molecule has 2 saturated heterocycles. The molecule has 1 aromatic rings. The number of hydrogen-bond donors (Lipinski definition) is 0. The van der Waals surface area contributed by atoms with Gasteiger partial charge in [-0.15, -0.1) is 12.4 Å². The molecule has 0 amide bonds. The van der Waals surface area contributed by atoms with Gasteiger partial charge in [0.1, 0.15) is 0 Å². The predicted molar refractivity (Wildman–Crippen MR) is 107 cm³/mol. The Hall–Kier alpha value is -1.06. The van der Waals surface area contributed by atoms with Crippen molar-refractivity contribution in [1.29, 1.82) is 0 Å². The Bertz CT molecular complexity index is 583. The van der Waals surface area contributed by atoms with E-state index in [1.54, 1.807) is 0 Å². The van der Waals surface area contributed by atoms with Gasteiger partial charge in [-0.25, -0.2) is 0 Å². The zero-order valence-electron chi connectivity index (χ0n) is 15.7. The Morgan fingerprint density at radius 2 is 1.73 bits per heavy atom. The van der Waals surface area contributed by atoms with E-state index in [9.17, 15) is 4.79 Å². The number of fused-ring (bicyclic) bond motifs is 1. The smallest absolute Gasteiger partial charge is 0.316 e. The van der Waals surface area contributed by atoms with Gasteiger partial charge in [0, 0.05) is 12.0 Å². The molecule has 1 aliphatic carbocycles. The van der Waals surface area contributed by atoms with Crippen LogP contribution in [0.1, 0.15) is 63.4 Å². The predicted octanol–water partition coefficient (Wildman–Crippen LogP) is 4.73. The molecular formula is C22H32ClNO2. The lowest BCUT2D eigenvalue weighted by Gasteiger charge is -2.44. The van der Waals surface area contributed by atoms with Crippen molar-refractivity contribution in [1.82, 2.24) is 4.90 Å². The number of rotatable bonds is 4. The number of piperidine rings is 2. The number of nitrogens with zero attached hydrogens (tertiary/aromatic N) is 1. The van der Waals surface area contributed by atoms with Crippen LogP contribution < -0.4 is 0 Å². The largest absolute Gasteiger partial charge is 0.465 e. The zero-order chi connectivity index (χ0) is 17.1. The van der Waals surface area contributed by atoms with Crippen molar-refractivity contribution >= 4 is 18.4 Å². The average Bonchev–Trinajstić information content (AvgIpc) is 3.18. The van der Waals surface area contributed by atoms with Crippen LogP contribution in [0.25, 0.3) is 0 Å². The summed E-state index contributed by atoms with van der Waals surface area (Å²) >= 11 is 0. The van der Waals surface area contributed by atoms with E-state index in [0.29, 0.717) is 18.6 Å². The highest BCUT2D eigenvalue weighted by atomic mass is 35.5. The number of esters is 1. The Kier molecular flexibility index (Phi) is 6.63. The maximum atomic E-state index is 13.1. The first-order chi connectivity index (χ1) is 12.3. The molecule has 3 aliphatic rings. The third-order valence-corrected chi connectivity index (χ3v) is 6.83. The highest BCUT2D eigenvalue weighted by Gasteiger charge is 2.44. The third kappa shape index (κ3) is 3.80. The van der Waals surface area contributed by atoms with E-state index in [1.807, 2.05) is 18.2 Å². The number of carbonyl (C=O) groups excluding carboxylic acids is 1. The van der Waals surface area contributed by atoms with E-state index in [2.05, 4.69) is 17.0 Å². The SMILES string of the molecule is Cl.O=C(OCC1CCCN2CCCCC12)C1(c2ccccc2)CCCC1. The number of carbonyl (C=O) groups is 1. The van der Waals surface area contributed by atoms with Crippen LogP contribution in [-0.4, -0.2) is 36.6 Å². The molecule has 0 bridgehead atoms. The van der Waals surface area contributed by atoms with Crippen molar-refractivity contribution in [3.63, 3.8) is 0 Å². The summed E-state index contributed by atoms with van der Waals surface area (Å²) in [5.41, 5.74) is 0.766. The number of hydrogen-bond acceptors (Lipinski definition) is 3. The summed E-state index contributed by atoms with van der Waals surface area (Å²) in [7, 11) is 0. The Labute approximate surface area is 163 Å². The van der Waals surface area contributed by atoms with Crippen molar-refractivity contribution in [3.05, 3.63) is 35.9 Å². The van der Waals surface area contributed by atoms with Gasteiger partial charge in [0.15, 0.2) is 0 Å². The van der Waals surface area contributed by atoms with Gasteiger partial charge in [0.25, 0.3) is 0 Å². The molecule has 0 spiro atoms. The van der Waals surface area contributed by atoms with E-state index < -0.39 is 0 Å². The van der Waals surface area contributed by atoms with Gasteiger partial charge in [0.05, 0.1) is 12.0 Å². The maximum absolute atomic E-state index is 13.1. The molecule has 2 atom stereocenters. The van der Waals surface area contributed by atoms with Crippen molar-refractivity contribution in [2.45, 2.75) is 69.2 Å². The Balaban J connectivity index is 0.00000196. The van der Waals surface area contributed by atoms with Gasteiger partial charge >= 0.3 is 5.97 Å². The number of ether oxygens (including phenoxy) is 1. The third-order valence-electron chi connectivity index (χ3n) is 6.83. The zero-order valence-corrected chi connectivity index (χ0v) is 16.5. The van der Waals surface area contributed by atoms with Crippen molar-refractivity contribution in [3.8, 4) is 0 Å². The molecule has 144 valence electrons. The molecule has 2 aliphatic heterocycles. The summed E-state index contributed by atoms with van der Waals surface area (Å²) in [4.78, 5) is 15.8. The van der Waals surface area contributed by atoms with Crippen LogP contribution in [0.4, 0.5) is 0 Å². The van der Waals surface area contributed by atoms with Crippen molar-refractivity contribution < 1.29 is 9.53 Å². The van der Waals surface area contributed by atoms with E-state index in [0.717, 1.165) is 31.2 Å². The van der Waals surface area contributed by atoms with Gasteiger partial charge in [-0.2, -0.15) is 0 Å².